The highest BCUT2D eigenvalue weighted by Gasteiger charge is 2.23. The largest absolute Gasteiger partial charge is 0.481 e. The minimum Gasteiger partial charge on any atom is -0.481 e. The van der Waals surface area contributed by atoms with Crippen LogP contribution >= 0.6 is 11.8 Å². The number of carboxylic acids is 1. The van der Waals surface area contributed by atoms with E-state index in [1.165, 1.54) is 0 Å². The van der Waals surface area contributed by atoms with Crippen molar-refractivity contribution in [3.63, 3.8) is 0 Å². The topological polar surface area (TPSA) is 69.6 Å². The van der Waals surface area contributed by atoms with Gasteiger partial charge in [0, 0.05) is 31.3 Å². The highest BCUT2D eigenvalue weighted by atomic mass is 32.2. The lowest BCUT2D eigenvalue weighted by molar-refractivity contribution is -0.137. The van der Waals surface area contributed by atoms with Crippen molar-refractivity contribution in [3.05, 3.63) is 0 Å². The Balaban J connectivity index is 2.25. The number of carbonyl (C=O) groups is 2. The fourth-order valence-corrected chi connectivity index (χ4v) is 2.93. The summed E-state index contributed by atoms with van der Waals surface area (Å²) in [7, 11) is 0. The second-order valence-corrected chi connectivity index (χ2v) is 6.08. The molecule has 6 heteroatoms. The van der Waals surface area contributed by atoms with Crippen LogP contribution in [0.25, 0.3) is 0 Å². The van der Waals surface area contributed by atoms with E-state index in [2.05, 4.69) is 5.32 Å². The molecule has 1 saturated heterocycles. The molecule has 0 bridgehead atoms. The number of rotatable bonds is 6. The van der Waals surface area contributed by atoms with Gasteiger partial charge in [0.1, 0.15) is 0 Å². The monoisotopic (exact) mass is 288 g/mol. The number of nitrogens with one attached hydrogen (secondary N) is 1. The van der Waals surface area contributed by atoms with Crippen molar-refractivity contribution in [2.75, 3.05) is 25.1 Å². The first-order valence-corrected chi connectivity index (χ1v) is 8.18. The van der Waals surface area contributed by atoms with Crippen molar-refractivity contribution in [2.45, 2.75) is 38.6 Å². The van der Waals surface area contributed by atoms with E-state index in [9.17, 15) is 9.59 Å². The molecule has 2 amide bonds. The molecule has 0 saturated carbocycles. The maximum atomic E-state index is 12.0. The van der Waals surface area contributed by atoms with Gasteiger partial charge in [-0.3, -0.25) is 4.79 Å². The quantitative estimate of drug-likeness (QED) is 0.784. The van der Waals surface area contributed by atoms with Crippen LogP contribution in [0.1, 0.15) is 32.6 Å². The molecule has 1 aliphatic rings. The molecule has 0 spiro atoms. The summed E-state index contributed by atoms with van der Waals surface area (Å²) in [6.07, 6.45) is 4.82. The third kappa shape index (κ3) is 6.18. The van der Waals surface area contributed by atoms with Gasteiger partial charge in [-0.2, -0.15) is 11.8 Å². The normalized spacial score (nSPS) is 18.1. The maximum Gasteiger partial charge on any atom is 0.317 e. The Hall–Kier alpha value is -0.910. The number of nitrogens with zero attached hydrogens (tertiary/aromatic N) is 1. The number of piperidine rings is 1. The second kappa shape index (κ2) is 8.30. The van der Waals surface area contributed by atoms with Gasteiger partial charge in [0.05, 0.1) is 0 Å². The van der Waals surface area contributed by atoms with E-state index in [0.717, 1.165) is 38.1 Å². The van der Waals surface area contributed by atoms with E-state index in [4.69, 9.17) is 5.11 Å². The number of hydrogen-bond acceptors (Lipinski definition) is 3. The molecule has 1 unspecified atom stereocenters. The molecule has 1 fully saturated rings. The first-order chi connectivity index (χ1) is 9.02. The van der Waals surface area contributed by atoms with E-state index < -0.39 is 5.97 Å². The molecule has 1 heterocycles. The smallest absolute Gasteiger partial charge is 0.317 e. The minimum atomic E-state index is -0.730. The van der Waals surface area contributed by atoms with Gasteiger partial charge < -0.3 is 15.3 Å². The summed E-state index contributed by atoms with van der Waals surface area (Å²) in [6, 6.07) is 0.200. The molecule has 1 rings (SSSR count). The highest BCUT2D eigenvalue weighted by molar-refractivity contribution is 7.98. The van der Waals surface area contributed by atoms with Gasteiger partial charge in [0.15, 0.2) is 0 Å². The summed E-state index contributed by atoms with van der Waals surface area (Å²) >= 11 is 1.72. The summed E-state index contributed by atoms with van der Waals surface area (Å²) in [4.78, 5) is 24.3. The van der Waals surface area contributed by atoms with Gasteiger partial charge >= 0.3 is 12.0 Å². The standard InChI is InChI=1S/C13H24N2O3S/c1-10(9-19-2)14-13(18)15-7-5-11(6-8-15)3-4-12(16)17/h10-11H,3-9H2,1-2H3,(H,14,18)(H,16,17). The lowest BCUT2D eigenvalue weighted by Crippen LogP contribution is -2.47. The number of amides is 2. The van der Waals surface area contributed by atoms with E-state index in [1.807, 2.05) is 18.1 Å². The van der Waals surface area contributed by atoms with Gasteiger partial charge in [-0.1, -0.05) is 0 Å². The van der Waals surface area contributed by atoms with Crippen LogP contribution in [0.15, 0.2) is 0 Å². The van der Waals surface area contributed by atoms with Crippen molar-refractivity contribution in [1.82, 2.24) is 10.2 Å². The molecule has 1 atom stereocenters. The van der Waals surface area contributed by atoms with Crippen LogP contribution in [0.4, 0.5) is 4.79 Å². The van der Waals surface area contributed by atoms with Crippen molar-refractivity contribution < 1.29 is 14.7 Å². The van der Waals surface area contributed by atoms with Crippen LogP contribution in [0.5, 0.6) is 0 Å². The van der Waals surface area contributed by atoms with Crippen LogP contribution in [0.2, 0.25) is 0 Å². The molecule has 0 radical (unpaired) electrons. The summed E-state index contributed by atoms with van der Waals surface area (Å²) < 4.78 is 0. The lowest BCUT2D eigenvalue weighted by Gasteiger charge is -2.32. The summed E-state index contributed by atoms with van der Waals surface area (Å²) in [5.41, 5.74) is 0. The summed E-state index contributed by atoms with van der Waals surface area (Å²) in [5, 5.41) is 11.6. The van der Waals surface area contributed by atoms with E-state index in [0.29, 0.717) is 5.92 Å². The first kappa shape index (κ1) is 16.1. The Labute approximate surface area is 119 Å². The molecule has 0 aromatic heterocycles. The van der Waals surface area contributed by atoms with Crippen LogP contribution in [0, 0.1) is 5.92 Å². The van der Waals surface area contributed by atoms with E-state index >= 15 is 0 Å². The van der Waals surface area contributed by atoms with E-state index in [-0.39, 0.29) is 18.5 Å². The molecule has 0 aliphatic carbocycles. The highest BCUT2D eigenvalue weighted by Crippen LogP contribution is 2.21. The lowest BCUT2D eigenvalue weighted by atomic mass is 9.92. The third-order valence-corrected chi connectivity index (χ3v) is 4.29. The van der Waals surface area contributed by atoms with Crippen LogP contribution in [0.3, 0.4) is 0 Å². The Morgan fingerprint density at radius 2 is 2.05 bits per heavy atom. The van der Waals surface area contributed by atoms with Crippen molar-refractivity contribution in [1.29, 1.82) is 0 Å². The molecule has 5 nitrogen and oxygen atoms in total. The summed E-state index contributed by atoms with van der Waals surface area (Å²) in [6.45, 7) is 3.48. The van der Waals surface area contributed by atoms with Gasteiger partial charge in [0.25, 0.3) is 0 Å². The Kier molecular flexibility index (Phi) is 7.05. The van der Waals surface area contributed by atoms with Crippen LogP contribution in [-0.4, -0.2) is 53.1 Å². The molecular weight excluding hydrogens is 264 g/mol. The predicted molar refractivity (Wildman–Crippen MR) is 77.5 cm³/mol. The van der Waals surface area contributed by atoms with Crippen LogP contribution in [-0.2, 0) is 4.79 Å². The molecule has 0 aromatic rings. The number of likely N-dealkylation sites (tertiary alicyclic amines) is 1. The first-order valence-electron chi connectivity index (χ1n) is 6.79. The van der Waals surface area contributed by atoms with Gasteiger partial charge in [0.2, 0.25) is 0 Å². The molecule has 2 N–H and O–H groups in total. The minimum absolute atomic E-state index is 0.0123. The third-order valence-electron chi connectivity index (χ3n) is 3.45. The Bertz CT molecular complexity index is 304. The zero-order valence-electron chi connectivity index (χ0n) is 11.7. The predicted octanol–water partition coefficient (Wildman–Crippen LogP) is 2.02. The van der Waals surface area contributed by atoms with Crippen molar-refractivity contribution >= 4 is 23.8 Å². The van der Waals surface area contributed by atoms with Gasteiger partial charge in [-0.25, -0.2) is 4.79 Å². The summed E-state index contributed by atoms with van der Waals surface area (Å²) in [5.74, 6) is 0.635. The average Bonchev–Trinajstić information content (AvgIpc) is 2.37. The van der Waals surface area contributed by atoms with Crippen LogP contribution < -0.4 is 5.32 Å². The molecular formula is C13H24N2O3S. The molecule has 1 aliphatic heterocycles. The number of thioether (sulfide) groups is 1. The Morgan fingerprint density at radius 1 is 1.42 bits per heavy atom. The van der Waals surface area contributed by atoms with Crippen molar-refractivity contribution in [2.24, 2.45) is 5.92 Å². The Morgan fingerprint density at radius 3 is 2.58 bits per heavy atom. The zero-order valence-corrected chi connectivity index (χ0v) is 12.5. The average molecular weight is 288 g/mol. The molecule has 110 valence electrons. The number of carboxylic acid groups (broad SMARTS) is 1. The number of hydrogen-bond donors (Lipinski definition) is 2. The molecule has 19 heavy (non-hydrogen) atoms. The number of urea groups is 1. The SMILES string of the molecule is CSCC(C)NC(=O)N1CCC(CCC(=O)O)CC1. The number of aliphatic carboxylic acids is 1. The maximum absolute atomic E-state index is 12.0. The fraction of sp³-hybridized carbons (Fsp3) is 0.846. The van der Waals surface area contributed by atoms with Gasteiger partial charge in [-0.15, -0.1) is 0 Å². The van der Waals surface area contributed by atoms with Crippen molar-refractivity contribution in [3.8, 4) is 0 Å². The molecule has 0 aromatic carbocycles. The zero-order chi connectivity index (χ0) is 14.3. The van der Waals surface area contributed by atoms with Gasteiger partial charge in [-0.05, 0) is 38.4 Å². The second-order valence-electron chi connectivity index (χ2n) is 5.17. The van der Waals surface area contributed by atoms with E-state index in [1.54, 1.807) is 11.8 Å². The fourth-order valence-electron chi connectivity index (χ4n) is 2.35. The number of carbonyl (C=O) groups excluding carboxylic acids is 1.